The van der Waals surface area contributed by atoms with Gasteiger partial charge in [0.15, 0.2) is 5.96 Å². The van der Waals surface area contributed by atoms with E-state index in [-0.39, 0.29) is 5.96 Å². The van der Waals surface area contributed by atoms with E-state index in [2.05, 4.69) is 13.0 Å². The summed E-state index contributed by atoms with van der Waals surface area (Å²) in [5.74, 6) is 0.706. The molecule has 1 atom stereocenters. The molecule has 0 bridgehead atoms. The van der Waals surface area contributed by atoms with E-state index in [1.807, 2.05) is 23.1 Å². The second-order valence-electron chi connectivity index (χ2n) is 3.93. The number of guanidine groups is 1. The number of anilines is 1. The van der Waals surface area contributed by atoms with Gasteiger partial charge in [0, 0.05) is 12.2 Å². The normalized spacial score (nSPS) is 20.4. The average molecular weight is 189 g/mol. The van der Waals surface area contributed by atoms with Crippen LogP contribution in [0.25, 0.3) is 0 Å². The standard InChI is InChI=1S/C11H15N3/c1-8-6-9-4-2-3-5-10(9)14(7-8)11(12)13/h2-5,8H,6-7H2,1H3,(H3,12,13). The summed E-state index contributed by atoms with van der Waals surface area (Å²) < 4.78 is 0. The molecule has 0 fully saturated rings. The van der Waals surface area contributed by atoms with Crippen molar-refractivity contribution in [3.05, 3.63) is 29.8 Å². The summed E-state index contributed by atoms with van der Waals surface area (Å²) in [7, 11) is 0. The topological polar surface area (TPSA) is 53.1 Å². The molecule has 74 valence electrons. The SMILES string of the molecule is CC1Cc2ccccc2N(C(=N)N)C1. The number of benzene rings is 1. The van der Waals surface area contributed by atoms with Gasteiger partial charge in [-0.3, -0.25) is 5.41 Å². The number of hydrogen-bond acceptors (Lipinski definition) is 1. The van der Waals surface area contributed by atoms with E-state index < -0.39 is 0 Å². The molecule has 0 radical (unpaired) electrons. The van der Waals surface area contributed by atoms with Crippen LogP contribution in [0.4, 0.5) is 5.69 Å². The molecule has 2 rings (SSSR count). The quantitative estimate of drug-likeness (QED) is 0.481. The molecule has 1 aromatic carbocycles. The fourth-order valence-electron chi connectivity index (χ4n) is 2.02. The first-order valence-electron chi connectivity index (χ1n) is 4.88. The molecule has 0 aliphatic carbocycles. The maximum atomic E-state index is 7.51. The minimum atomic E-state index is 0.143. The molecule has 0 spiro atoms. The van der Waals surface area contributed by atoms with E-state index in [9.17, 15) is 0 Å². The first-order chi connectivity index (χ1) is 6.68. The predicted molar refractivity (Wildman–Crippen MR) is 58.6 cm³/mol. The second kappa shape index (κ2) is 3.33. The predicted octanol–water partition coefficient (Wildman–Crippen LogP) is 1.58. The number of nitrogens with zero attached hydrogens (tertiary/aromatic N) is 1. The summed E-state index contributed by atoms with van der Waals surface area (Å²) >= 11 is 0. The molecule has 14 heavy (non-hydrogen) atoms. The zero-order valence-corrected chi connectivity index (χ0v) is 8.33. The summed E-state index contributed by atoms with van der Waals surface area (Å²) in [5.41, 5.74) is 7.94. The monoisotopic (exact) mass is 189 g/mol. The zero-order valence-electron chi connectivity index (χ0n) is 8.33. The Morgan fingerprint density at radius 3 is 2.93 bits per heavy atom. The number of hydrogen-bond donors (Lipinski definition) is 2. The Hall–Kier alpha value is -1.51. The molecule has 0 saturated carbocycles. The zero-order chi connectivity index (χ0) is 10.1. The van der Waals surface area contributed by atoms with Crippen LogP contribution in [-0.4, -0.2) is 12.5 Å². The van der Waals surface area contributed by atoms with Crippen molar-refractivity contribution in [3.8, 4) is 0 Å². The molecule has 1 heterocycles. The molecule has 3 heteroatoms. The van der Waals surface area contributed by atoms with E-state index >= 15 is 0 Å². The van der Waals surface area contributed by atoms with Crippen molar-refractivity contribution in [2.75, 3.05) is 11.4 Å². The van der Waals surface area contributed by atoms with Crippen molar-refractivity contribution in [1.29, 1.82) is 5.41 Å². The molecule has 3 nitrogen and oxygen atoms in total. The minimum Gasteiger partial charge on any atom is -0.370 e. The highest BCUT2D eigenvalue weighted by molar-refractivity contribution is 5.93. The lowest BCUT2D eigenvalue weighted by molar-refractivity contribution is 0.566. The van der Waals surface area contributed by atoms with Crippen molar-refractivity contribution < 1.29 is 0 Å². The number of nitrogens with two attached hydrogens (primary N) is 1. The lowest BCUT2D eigenvalue weighted by Gasteiger charge is -2.33. The Balaban J connectivity index is 2.43. The first kappa shape index (κ1) is 9.06. The van der Waals surface area contributed by atoms with Crippen LogP contribution in [0, 0.1) is 11.3 Å². The highest BCUT2D eigenvalue weighted by Crippen LogP contribution is 2.28. The number of nitrogens with one attached hydrogen (secondary N) is 1. The van der Waals surface area contributed by atoms with Crippen molar-refractivity contribution in [2.45, 2.75) is 13.3 Å². The molecule has 3 N–H and O–H groups in total. The Bertz CT molecular complexity index is 359. The molecular formula is C11H15N3. The maximum absolute atomic E-state index is 7.51. The van der Waals surface area contributed by atoms with Crippen LogP contribution in [0.5, 0.6) is 0 Å². The van der Waals surface area contributed by atoms with Gasteiger partial charge in [0.1, 0.15) is 0 Å². The van der Waals surface area contributed by atoms with E-state index in [1.54, 1.807) is 0 Å². The largest absolute Gasteiger partial charge is 0.370 e. The third-order valence-corrected chi connectivity index (χ3v) is 2.64. The van der Waals surface area contributed by atoms with Crippen LogP contribution in [-0.2, 0) is 6.42 Å². The van der Waals surface area contributed by atoms with Crippen molar-refractivity contribution >= 4 is 11.6 Å². The summed E-state index contributed by atoms with van der Waals surface area (Å²) in [5, 5.41) is 7.51. The van der Waals surface area contributed by atoms with Gasteiger partial charge in [-0.25, -0.2) is 0 Å². The van der Waals surface area contributed by atoms with Crippen LogP contribution in [0.2, 0.25) is 0 Å². The third-order valence-electron chi connectivity index (χ3n) is 2.64. The highest BCUT2D eigenvalue weighted by atomic mass is 15.2. The van der Waals surface area contributed by atoms with Gasteiger partial charge in [-0.2, -0.15) is 0 Å². The summed E-state index contributed by atoms with van der Waals surface area (Å²) in [6.45, 7) is 3.04. The smallest absolute Gasteiger partial charge is 0.192 e. The number of fused-ring (bicyclic) bond motifs is 1. The van der Waals surface area contributed by atoms with Crippen LogP contribution in [0.15, 0.2) is 24.3 Å². The maximum Gasteiger partial charge on any atom is 0.192 e. The van der Waals surface area contributed by atoms with E-state index in [4.69, 9.17) is 11.1 Å². The lowest BCUT2D eigenvalue weighted by atomic mass is 9.94. The Morgan fingerprint density at radius 2 is 2.21 bits per heavy atom. The lowest BCUT2D eigenvalue weighted by Crippen LogP contribution is -2.42. The van der Waals surface area contributed by atoms with Gasteiger partial charge < -0.3 is 10.6 Å². The number of rotatable bonds is 0. The van der Waals surface area contributed by atoms with Gasteiger partial charge in [-0.15, -0.1) is 0 Å². The summed E-state index contributed by atoms with van der Waals surface area (Å²) in [6, 6.07) is 8.17. The molecule has 0 aromatic heterocycles. The summed E-state index contributed by atoms with van der Waals surface area (Å²) in [6.07, 6.45) is 1.08. The Morgan fingerprint density at radius 1 is 1.50 bits per heavy atom. The van der Waals surface area contributed by atoms with Crippen LogP contribution in [0.3, 0.4) is 0 Å². The van der Waals surface area contributed by atoms with Gasteiger partial charge in [0.2, 0.25) is 0 Å². The summed E-state index contributed by atoms with van der Waals surface area (Å²) in [4.78, 5) is 1.88. The van der Waals surface area contributed by atoms with Crippen LogP contribution in [0.1, 0.15) is 12.5 Å². The molecule has 1 aliphatic heterocycles. The Labute approximate surface area is 84.0 Å². The minimum absolute atomic E-state index is 0.143. The first-order valence-corrected chi connectivity index (χ1v) is 4.88. The molecule has 1 unspecified atom stereocenters. The van der Waals surface area contributed by atoms with Gasteiger partial charge >= 0.3 is 0 Å². The fourth-order valence-corrected chi connectivity index (χ4v) is 2.02. The molecule has 0 saturated heterocycles. The van der Waals surface area contributed by atoms with Gasteiger partial charge in [0.05, 0.1) is 0 Å². The van der Waals surface area contributed by atoms with Crippen molar-refractivity contribution in [2.24, 2.45) is 11.7 Å². The second-order valence-corrected chi connectivity index (χ2v) is 3.93. The van der Waals surface area contributed by atoms with Crippen LogP contribution < -0.4 is 10.6 Å². The van der Waals surface area contributed by atoms with Gasteiger partial charge in [-0.1, -0.05) is 25.1 Å². The van der Waals surface area contributed by atoms with Crippen molar-refractivity contribution in [1.82, 2.24) is 0 Å². The number of para-hydroxylation sites is 1. The van der Waals surface area contributed by atoms with E-state index in [0.29, 0.717) is 5.92 Å². The fraction of sp³-hybridized carbons (Fsp3) is 0.364. The molecule has 0 amide bonds. The van der Waals surface area contributed by atoms with Gasteiger partial charge in [-0.05, 0) is 24.0 Å². The average Bonchev–Trinajstić information content (AvgIpc) is 2.16. The molecular weight excluding hydrogens is 174 g/mol. The highest BCUT2D eigenvalue weighted by Gasteiger charge is 2.22. The van der Waals surface area contributed by atoms with E-state index in [0.717, 1.165) is 18.7 Å². The third kappa shape index (κ3) is 1.45. The van der Waals surface area contributed by atoms with Crippen LogP contribution >= 0.6 is 0 Å². The van der Waals surface area contributed by atoms with Gasteiger partial charge in [0.25, 0.3) is 0 Å². The molecule has 1 aliphatic rings. The molecule has 1 aromatic rings. The van der Waals surface area contributed by atoms with Crippen molar-refractivity contribution in [3.63, 3.8) is 0 Å². The van der Waals surface area contributed by atoms with E-state index in [1.165, 1.54) is 5.56 Å². The Kier molecular flexibility index (Phi) is 2.15.